The molecule has 0 bridgehead atoms. The van der Waals surface area contributed by atoms with E-state index in [0.717, 1.165) is 33.7 Å². The first-order valence-electron chi connectivity index (χ1n) is 8.94. The maximum Gasteiger partial charge on any atom is 0.277 e. The van der Waals surface area contributed by atoms with E-state index in [0.29, 0.717) is 11.1 Å². The van der Waals surface area contributed by atoms with Gasteiger partial charge in [0.05, 0.1) is 5.75 Å². The van der Waals surface area contributed by atoms with Crippen LogP contribution in [0, 0.1) is 27.7 Å². The van der Waals surface area contributed by atoms with Crippen LogP contribution >= 0.6 is 11.8 Å². The molecule has 0 spiro atoms. The smallest absolute Gasteiger partial charge is 0.277 e. The molecular formula is C21H23N3O3S. The fraction of sp³-hybridized carbons (Fsp3) is 0.286. The standard InChI is InChI=1S/C21H23N3O3S/c1-13-7-6-10-17(16(13)4)22-18(25)12-28-21-24-23-19(27-21)11-26-20-14(2)8-5-9-15(20)3/h5-10H,11-12H2,1-4H3,(H,22,25). The van der Waals surface area contributed by atoms with E-state index in [9.17, 15) is 4.79 Å². The van der Waals surface area contributed by atoms with Crippen molar-refractivity contribution in [3.63, 3.8) is 0 Å². The number of aryl methyl sites for hydroxylation is 3. The Hall–Kier alpha value is -2.80. The Morgan fingerprint density at radius 3 is 2.46 bits per heavy atom. The van der Waals surface area contributed by atoms with Crippen LogP contribution in [0.1, 0.15) is 28.1 Å². The zero-order valence-corrected chi connectivity index (χ0v) is 17.2. The number of nitrogens with one attached hydrogen (secondary N) is 1. The van der Waals surface area contributed by atoms with Gasteiger partial charge in [0.15, 0.2) is 6.61 Å². The second-order valence-electron chi connectivity index (χ2n) is 6.56. The van der Waals surface area contributed by atoms with E-state index in [4.69, 9.17) is 9.15 Å². The summed E-state index contributed by atoms with van der Waals surface area (Å²) in [5.74, 6) is 1.26. The summed E-state index contributed by atoms with van der Waals surface area (Å²) in [4.78, 5) is 12.2. The predicted molar refractivity (Wildman–Crippen MR) is 110 cm³/mol. The number of nitrogens with zero attached hydrogens (tertiary/aromatic N) is 2. The van der Waals surface area contributed by atoms with Crippen LogP contribution in [0.3, 0.4) is 0 Å². The van der Waals surface area contributed by atoms with E-state index in [1.807, 2.05) is 64.1 Å². The van der Waals surface area contributed by atoms with Crippen molar-refractivity contribution in [1.29, 1.82) is 0 Å². The summed E-state index contributed by atoms with van der Waals surface area (Å²) in [6.45, 7) is 8.17. The highest BCUT2D eigenvalue weighted by Crippen LogP contribution is 2.24. The maximum atomic E-state index is 12.2. The highest BCUT2D eigenvalue weighted by molar-refractivity contribution is 7.99. The molecule has 1 aromatic heterocycles. The Bertz CT molecular complexity index is 965. The number of carbonyl (C=O) groups is 1. The molecule has 0 aliphatic carbocycles. The molecular weight excluding hydrogens is 374 g/mol. The number of hydrogen-bond acceptors (Lipinski definition) is 6. The van der Waals surface area contributed by atoms with Crippen LogP contribution < -0.4 is 10.1 Å². The monoisotopic (exact) mass is 397 g/mol. The van der Waals surface area contributed by atoms with Crippen molar-refractivity contribution in [2.75, 3.05) is 11.1 Å². The first kappa shape index (κ1) is 19.9. The summed E-state index contributed by atoms with van der Waals surface area (Å²) < 4.78 is 11.4. The molecule has 146 valence electrons. The summed E-state index contributed by atoms with van der Waals surface area (Å²) in [5, 5.41) is 11.2. The molecule has 6 nitrogen and oxygen atoms in total. The molecule has 2 aromatic carbocycles. The number of rotatable bonds is 7. The Labute approximate surface area is 168 Å². The normalized spacial score (nSPS) is 10.7. The van der Waals surface area contributed by atoms with Gasteiger partial charge in [-0.05, 0) is 56.0 Å². The van der Waals surface area contributed by atoms with Crippen molar-refractivity contribution in [2.45, 2.75) is 39.5 Å². The summed E-state index contributed by atoms with van der Waals surface area (Å²) in [5.41, 5.74) is 5.12. The van der Waals surface area contributed by atoms with Crippen molar-refractivity contribution < 1.29 is 13.9 Å². The molecule has 0 radical (unpaired) electrons. The maximum absolute atomic E-state index is 12.2. The van der Waals surface area contributed by atoms with Crippen LogP contribution in [0.2, 0.25) is 0 Å². The molecule has 3 rings (SSSR count). The van der Waals surface area contributed by atoms with Gasteiger partial charge in [0.1, 0.15) is 5.75 Å². The molecule has 0 atom stereocenters. The van der Waals surface area contributed by atoms with Gasteiger partial charge in [0, 0.05) is 5.69 Å². The van der Waals surface area contributed by atoms with E-state index < -0.39 is 0 Å². The number of para-hydroxylation sites is 1. The summed E-state index contributed by atoms with van der Waals surface area (Å²) in [6.07, 6.45) is 0. The van der Waals surface area contributed by atoms with Gasteiger partial charge in [-0.1, -0.05) is 42.1 Å². The van der Waals surface area contributed by atoms with Gasteiger partial charge in [-0.25, -0.2) is 0 Å². The first-order valence-corrected chi connectivity index (χ1v) is 9.93. The number of ether oxygens (including phenoxy) is 1. The Balaban J connectivity index is 1.52. The van der Waals surface area contributed by atoms with Crippen molar-refractivity contribution >= 4 is 23.4 Å². The third-order valence-electron chi connectivity index (χ3n) is 4.40. The van der Waals surface area contributed by atoms with Crippen molar-refractivity contribution in [3.05, 3.63) is 64.5 Å². The molecule has 28 heavy (non-hydrogen) atoms. The zero-order valence-electron chi connectivity index (χ0n) is 16.4. The highest BCUT2D eigenvalue weighted by atomic mass is 32.2. The van der Waals surface area contributed by atoms with Gasteiger partial charge >= 0.3 is 0 Å². The van der Waals surface area contributed by atoms with Crippen molar-refractivity contribution in [2.24, 2.45) is 0 Å². The Morgan fingerprint density at radius 1 is 1.04 bits per heavy atom. The summed E-state index contributed by atoms with van der Waals surface area (Å²) in [7, 11) is 0. The average molecular weight is 398 g/mol. The fourth-order valence-corrected chi connectivity index (χ4v) is 3.30. The van der Waals surface area contributed by atoms with Crippen LogP contribution in [-0.2, 0) is 11.4 Å². The Morgan fingerprint density at radius 2 is 1.71 bits per heavy atom. The van der Waals surface area contributed by atoms with Crippen molar-refractivity contribution in [1.82, 2.24) is 10.2 Å². The SMILES string of the molecule is Cc1cccc(NC(=O)CSc2nnc(COc3c(C)cccc3C)o2)c1C. The zero-order chi connectivity index (χ0) is 20.1. The molecule has 0 unspecified atom stereocenters. The molecule has 1 amide bonds. The van der Waals surface area contributed by atoms with Gasteiger partial charge in [-0.3, -0.25) is 4.79 Å². The molecule has 0 saturated heterocycles. The minimum absolute atomic E-state index is 0.120. The van der Waals surface area contributed by atoms with Gasteiger partial charge in [-0.15, -0.1) is 10.2 Å². The largest absolute Gasteiger partial charge is 0.483 e. The quantitative estimate of drug-likeness (QED) is 0.587. The second-order valence-corrected chi connectivity index (χ2v) is 7.48. The van der Waals surface area contributed by atoms with Crippen LogP contribution in [0.25, 0.3) is 0 Å². The van der Waals surface area contributed by atoms with Gasteiger partial charge < -0.3 is 14.5 Å². The van der Waals surface area contributed by atoms with E-state index in [-0.39, 0.29) is 18.3 Å². The minimum atomic E-state index is -0.120. The number of carbonyl (C=O) groups excluding carboxylic acids is 1. The van der Waals surface area contributed by atoms with E-state index in [1.54, 1.807) is 0 Å². The molecule has 3 aromatic rings. The third kappa shape index (κ3) is 4.92. The van der Waals surface area contributed by atoms with E-state index in [2.05, 4.69) is 15.5 Å². The second kappa shape index (κ2) is 8.93. The predicted octanol–water partition coefficient (Wildman–Crippen LogP) is 4.61. The lowest BCUT2D eigenvalue weighted by molar-refractivity contribution is -0.113. The summed E-state index contributed by atoms with van der Waals surface area (Å²) in [6, 6.07) is 11.8. The minimum Gasteiger partial charge on any atom is -0.483 e. The lowest BCUT2D eigenvalue weighted by atomic mass is 10.1. The molecule has 0 saturated carbocycles. The topological polar surface area (TPSA) is 77.2 Å². The van der Waals surface area contributed by atoms with Crippen LogP contribution in [0.5, 0.6) is 5.75 Å². The molecule has 0 aliphatic rings. The Kier molecular flexibility index (Phi) is 6.36. The van der Waals surface area contributed by atoms with Gasteiger partial charge in [0.25, 0.3) is 11.1 Å². The number of amides is 1. The van der Waals surface area contributed by atoms with Crippen LogP contribution in [0.4, 0.5) is 5.69 Å². The van der Waals surface area contributed by atoms with E-state index in [1.165, 1.54) is 11.8 Å². The van der Waals surface area contributed by atoms with Crippen molar-refractivity contribution in [3.8, 4) is 5.75 Å². The number of aromatic nitrogens is 2. The molecule has 7 heteroatoms. The fourth-order valence-electron chi connectivity index (χ4n) is 2.72. The molecule has 0 aliphatic heterocycles. The van der Waals surface area contributed by atoms with E-state index >= 15 is 0 Å². The van der Waals surface area contributed by atoms with Crippen LogP contribution in [0.15, 0.2) is 46.0 Å². The van der Waals surface area contributed by atoms with Gasteiger partial charge in [0.2, 0.25) is 5.91 Å². The lowest BCUT2D eigenvalue weighted by Gasteiger charge is -2.10. The molecule has 1 heterocycles. The number of thioether (sulfide) groups is 1. The molecule has 0 fully saturated rings. The average Bonchev–Trinajstić information content (AvgIpc) is 3.11. The summed E-state index contributed by atoms with van der Waals surface area (Å²) >= 11 is 1.20. The first-order chi connectivity index (χ1) is 13.4. The number of anilines is 1. The third-order valence-corrected chi connectivity index (χ3v) is 5.22. The van der Waals surface area contributed by atoms with Gasteiger partial charge in [-0.2, -0.15) is 0 Å². The number of benzene rings is 2. The molecule has 1 N–H and O–H groups in total. The number of hydrogen-bond donors (Lipinski definition) is 1. The highest BCUT2D eigenvalue weighted by Gasteiger charge is 2.12. The van der Waals surface area contributed by atoms with Crippen LogP contribution in [-0.4, -0.2) is 21.9 Å². The lowest BCUT2D eigenvalue weighted by Crippen LogP contribution is -2.15.